The van der Waals surface area contributed by atoms with E-state index in [0.717, 1.165) is 43.2 Å². The van der Waals surface area contributed by atoms with Crippen LogP contribution in [0.2, 0.25) is 0 Å². The second kappa shape index (κ2) is 6.52. The summed E-state index contributed by atoms with van der Waals surface area (Å²) in [5.41, 5.74) is 1.04. The summed E-state index contributed by atoms with van der Waals surface area (Å²) >= 11 is 0. The van der Waals surface area contributed by atoms with Crippen molar-refractivity contribution in [2.24, 2.45) is 5.92 Å². The van der Waals surface area contributed by atoms with Gasteiger partial charge in [-0.05, 0) is 63.5 Å². The van der Waals surface area contributed by atoms with Crippen molar-refractivity contribution in [3.63, 3.8) is 0 Å². The Bertz CT molecular complexity index is 541. The number of ether oxygens (including phenoxy) is 1. The Hall–Kier alpha value is -1.55. The van der Waals surface area contributed by atoms with E-state index in [1.54, 1.807) is 7.11 Å². The third-order valence-electron chi connectivity index (χ3n) is 5.63. The molecule has 0 atom stereocenters. The van der Waals surface area contributed by atoms with Crippen LogP contribution in [-0.2, 0) is 0 Å². The molecule has 0 bridgehead atoms. The molecule has 4 heteroatoms. The van der Waals surface area contributed by atoms with Crippen molar-refractivity contribution < 1.29 is 9.53 Å². The Labute approximate surface area is 139 Å². The number of hydrogen-bond acceptors (Lipinski definition) is 3. The maximum atomic E-state index is 12.7. The third kappa shape index (κ3) is 3.52. The van der Waals surface area contributed by atoms with Gasteiger partial charge in [0.15, 0.2) is 0 Å². The Balaban J connectivity index is 1.63. The molecule has 23 heavy (non-hydrogen) atoms. The van der Waals surface area contributed by atoms with Gasteiger partial charge in [0.2, 0.25) is 0 Å². The van der Waals surface area contributed by atoms with Gasteiger partial charge in [0.25, 0.3) is 5.91 Å². The molecule has 0 radical (unpaired) electrons. The Morgan fingerprint density at radius 3 is 2.30 bits per heavy atom. The number of hydrogen-bond donors (Lipinski definition) is 0. The van der Waals surface area contributed by atoms with Crippen molar-refractivity contribution >= 4 is 5.91 Å². The lowest BCUT2D eigenvalue weighted by molar-refractivity contribution is 0.0363. The van der Waals surface area contributed by atoms with Gasteiger partial charge in [0.05, 0.1) is 7.11 Å². The fraction of sp³-hybridized carbons (Fsp3) is 0.632. The number of carbonyl (C=O) groups is 1. The predicted molar refractivity (Wildman–Crippen MR) is 91.9 cm³/mol. The molecule has 1 aliphatic carbocycles. The van der Waals surface area contributed by atoms with Crippen molar-refractivity contribution in [2.45, 2.75) is 37.6 Å². The van der Waals surface area contributed by atoms with Crippen LogP contribution in [0.15, 0.2) is 24.3 Å². The second-order valence-electron chi connectivity index (χ2n) is 7.29. The molecule has 1 aliphatic heterocycles. The zero-order valence-corrected chi connectivity index (χ0v) is 14.5. The van der Waals surface area contributed by atoms with E-state index in [1.807, 2.05) is 29.2 Å². The molecule has 0 unspecified atom stereocenters. The van der Waals surface area contributed by atoms with E-state index in [1.165, 1.54) is 19.3 Å². The van der Waals surface area contributed by atoms with E-state index >= 15 is 0 Å². The lowest BCUT2D eigenvalue weighted by Gasteiger charge is -2.46. The molecule has 0 N–H and O–H groups in total. The summed E-state index contributed by atoms with van der Waals surface area (Å²) in [4.78, 5) is 17.1. The minimum Gasteiger partial charge on any atom is -0.497 e. The molecular weight excluding hydrogens is 288 g/mol. The van der Waals surface area contributed by atoms with E-state index < -0.39 is 0 Å². The maximum absolute atomic E-state index is 12.7. The average molecular weight is 316 g/mol. The minimum absolute atomic E-state index is 0.145. The summed E-state index contributed by atoms with van der Waals surface area (Å²) in [7, 11) is 6.04. The van der Waals surface area contributed by atoms with Gasteiger partial charge in [0, 0.05) is 24.2 Å². The largest absolute Gasteiger partial charge is 0.497 e. The molecular formula is C19H28N2O2. The van der Waals surface area contributed by atoms with Gasteiger partial charge in [0.1, 0.15) is 5.75 Å². The van der Waals surface area contributed by atoms with Gasteiger partial charge in [-0.1, -0.05) is 12.8 Å². The van der Waals surface area contributed by atoms with Gasteiger partial charge in [-0.3, -0.25) is 4.79 Å². The highest BCUT2D eigenvalue weighted by atomic mass is 16.5. The molecule has 1 aromatic carbocycles. The van der Waals surface area contributed by atoms with Crippen LogP contribution in [0.4, 0.5) is 0 Å². The molecule has 126 valence electrons. The van der Waals surface area contributed by atoms with Gasteiger partial charge in [-0.25, -0.2) is 0 Å². The Morgan fingerprint density at radius 1 is 1.22 bits per heavy atom. The minimum atomic E-state index is 0.145. The SMILES string of the molecule is COc1ccc(C(=O)N2CCC(CC3CC3)(N(C)C)CC2)cc1. The number of likely N-dealkylation sites (tertiary alicyclic amines) is 1. The predicted octanol–water partition coefficient (Wildman–Crippen LogP) is 3.03. The lowest BCUT2D eigenvalue weighted by atomic mass is 9.81. The Morgan fingerprint density at radius 2 is 1.83 bits per heavy atom. The molecule has 1 saturated carbocycles. The van der Waals surface area contributed by atoms with Crippen LogP contribution in [0.5, 0.6) is 5.75 Å². The fourth-order valence-electron chi connectivity index (χ4n) is 3.74. The van der Waals surface area contributed by atoms with E-state index in [-0.39, 0.29) is 11.4 Å². The van der Waals surface area contributed by atoms with E-state index in [9.17, 15) is 4.79 Å². The molecule has 1 aromatic rings. The number of rotatable bonds is 5. The normalized spacial score (nSPS) is 20.6. The topological polar surface area (TPSA) is 32.8 Å². The van der Waals surface area contributed by atoms with Gasteiger partial charge in [-0.2, -0.15) is 0 Å². The average Bonchev–Trinajstić information content (AvgIpc) is 3.38. The van der Waals surface area contributed by atoms with Crippen LogP contribution < -0.4 is 4.74 Å². The zero-order chi connectivity index (χ0) is 16.4. The smallest absolute Gasteiger partial charge is 0.253 e. The van der Waals surface area contributed by atoms with Crippen molar-refractivity contribution in [3.8, 4) is 5.75 Å². The van der Waals surface area contributed by atoms with Crippen molar-refractivity contribution in [2.75, 3.05) is 34.3 Å². The van der Waals surface area contributed by atoms with Crippen LogP contribution in [0.1, 0.15) is 42.5 Å². The van der Waals surface area contributed by atoms with Gasteiger partial charge in [-0.15, -0.1) is 0 Å². The van der Waals surface area contributed by atoms with Crippen LogP contribution in [-0.4, -0.2) is 55.5 Å². The highest BCUT2D eigenvalue weighted by Gasteiger charge is 2.41. The van der Waals surface area contributed by atoms with E-state index in [2.05, 4.69) is 19.0 Å². The van der Waals surface area contributed by atoms with Crippen LogP contribution in [0.3, 0.4) is 0 Å². The molecule has 0 aromatic heterocycles. The third-order valence-corrected chi connectivity index (χ3v) is 5.63. The van der Waals surface area contributed by atoms with Crippen LogP contribution in [0, 0.1) is 5.92 Å². The number of carbonyl (C=O) groups excluding carboxylic acids is 1. The Kier molecular flexibility index (Phi) is 4.62. The standard InChI is InChI=1S/C19H28N2O2/c1-20(2)19(14-15-4-5-15)10-12-21(13-11-19)18(22)16-6-8-17(23-3)9-7-16/h6-9,15H,4-5,10-14H2,1-3H3. The zero-order valence-electron chi connectivity index (χ0n) is 14.5. The first-order valence-electron chi connectivity index (χ1n) is 8.65. The maximum Gasteiger partial charge on any atom is 0.253 e. The second-order valence-corrected chi connectivity index (χ2v) is 7.29. The number of benzene rings is 1. The summed E-state index contributed by atoms with van der Waals surface area (Å²) in [6.45, 7) is 1.71. The number of nitrogens with zero attached hydrogens (tertiary/aromatic N) is 2. The van der Waals surface area contributed by atoms with E-state index in [0.29, 0.717) is 0 Å². The number of methoxy groups -OCH3 is 1. The molecule has 2 fully saturated rings. The summed E-state index contributed by atoms with van der Waals surface area (Å²) in [6.07, 6.45) is 6.25. The van der Waals surface area contributed by atoms with Crippen molar-refractivity contribution in [3.05, 3.63) is 29.8 Å². The molecule has 1 heterocycles. The van der Waals surface area contributed by atoms with Gasteiger partial charge < -0.3 is 14.5 Å². The van der Waals surface area contributed by atoms with E-state index in [4.69, 9.17) is 4.74 Å². The number of amides is 1. The molecule has 1 amide bonds. The molecule has 2 aliphatic rings. The highest BCUT2D eigenvalue weighted by Crippen LogP contribution is 2.42. The summed E-state index contributed by atoms with van der Waals surface area (Å²) in [6, 6.07) is 7.43. The molecule has 3 rings (SSSR count). The molecule has 4 nitrogen and oxygen atoms in total. The number of piperidine rings is 1. The summed E-state index contributed by atoms with van der Waals surface area (Å²) < 4.78 is 5.16. The highest BCUT2D eigenvalue weighted by molar-refractivity contribution is 5.94. The van der Waals surface area contributed by atoms with Crippen LogP contribution >= 0.6 is 0 Å². The first-order chi connectivity index (χ1) is 11.0. The molecule has 0 spiro atoms. The van der Waals surface area contributed by atoms with Crippen LogP contribution in [0.25, 0.3) is 0 Å². The monoisotopic (exact) mass is 316 g/mol. The quantitative estimate of drug-likeness (QED) is 0.837. The van der Waals surface area contributed by atoms with Gasteiger partial charge >= 0.3 is 0 Å². The summed E-state index contributed by atoms with van der Waals surface area (Å²) in [5.74, 6) is 1.85. The van der Waals surface area contributed by atoms with Crippen molar-refractivity contribution in [1.29, 1.82) is 0 Å². The molecule has 1 saturated heterocycles. The fourth-order valence-corrected chi connectivity index (χ4v) is 3.74. The lowest BCUT2D eigenvalue weighted by Crippen LogP contribution is -2.54. The summed E-state index contributed by atoms with van der Waals surface area (Å²) in [5, 5.41) is 0. The first-order valence-corrected chi connectivity index (χ1v) is 8.65. The van der Waals surface area contributed by atoms with Crippen molar-refractivity contribution in [1.82, 2.24) is 9.80 Å². The first kappa shape index (κ1) is 16.3.